The molecule has 0 aliphatic carbocycles. The largest absolute Gasteiger partial charge is 0.308 e. The van der Waals surface area contributed by atoms with Gasteiger partial charge in [-0.1, -0.05) is 66.7 Å². The standard InChI is InChI=1S/C31H18N2S/c32-19-22-17-20(21-14-16-31-26(18-21)25-9-3-6-12-30(25)34-31)13-15-27(22)33-28-10-4-1-7-23(28)24-8-2-5-11-29(24)33/h1-18H. The van der Waals surface area contributed by atoms with Gasteiger partial charge in [0, 0.05) is 30.9 Å². The molecule has 0 N–H and O–H groups in total. The maximum Gasteiger partial charge on any atom is 0.101 e. The van der Waals surface area contributed by atoms with Crippen molar-refractivity contribution < 1.29 is 0 Å². The van der Waals surface area contributed by atoms with E-state index in [0.29, 0.717) is 5.56 Å². The molecule has 0 fully saturated rings. The zero-order valence-corrected chi connectivity index (χ0v) is 19.0. The molecule has 34 heavy (non-hydrogen) atoms. The lowest BCUT2D eigenvalue weighted by atomic mass is 10.00. The number of fused-ring (bicyclic) bond motifs is 6. The number of nitriles is 1. The Kier molecular flexibility index (Phi) is 4.11. The van der Waals surface area contributed by atoms with Crippen molar-refractivity contribution in [1.82, 2.24) is 4.57 Å². The van der Waals surface area contributed by atoms with Crippen LogP contribution < -0.4 is 0 Å². The molecular formula is C31H18N2S. The average molecular weight is 451 g/mol. The highest BCUT2D eigenvalue weighted by molar-refractivity contribution is 7.25. The fourth-order valence-electron chi connectivity index (χ4n) is 5.09. The van der Waals surface area contributed by atoms with E-state index in [4.69, 9.17) is 0 Å². The molecule has 0 spiro atoms. The molecule has 0 aliphatic rings. The first-order valence-electron chi connectivity index (χ1n) is 11.3. The number of aromatic nitrogens is 1. The summed E-state index contributed by atoms with van der Waals surface area (Å²) in [5.41, 5.74) is 5.97. The van der Waals surface area contributed by atoms with Crippen molar-refractivity contribution in [3.63, 3.8) is 0 Å². The van der Waals surface area contributed by atoms with Gasteiger partial charge >= 0.3 is 0 Å². The highest BCUT2D eigenvalue weighted by Crippen LogP contribution is 2.38. The van der Waals surface area contributed by atoms with Crippen LogP contribution in [0.25, 0.3) is 58.8 Å². The number of benzene rings is 5. The van der Waals surface area contributed by atoms with E-state index in [-0.39, 0.29) is 0 Å². The Balaban J connectivity index is 1.44. The Hall–Kier alpha value is -4.39. The molecule has 0 unspecified atom stereocenters. The van der Waals surface area contributed by atoms with Gasteiger partial charge < -0.3 is 4.57 Å². The summed E-state index contributed by atoms with van der Waals surface area (Å²) in [6, 6.07) is 40.7. The van der Waals surface area contributed by atoms with E-state index < -0.39 is 0 Å². The SMILES string of the molecule is N#Cc1cc(-c2ccc3sc4ccccc4c3c2)ccc1-n1c2ccccc2c2ccccc21. The molecule has 0 radical (unpaired) electrons. The number of rotatable bonds is 2. The van der Waals surface area contributed by atoms with Gasteiger partial charge in [-0.2, -0.15) is 5.26 Å². The van der Waals surface area contributed by atoms with Gasteiger partial charge in [0.05, 0.1) is 22.3 Å². The molecule has 0 bridgehead atoms. The number of para-hydroxylation sites is 2. The lowest BCUT2D eigenvalue weighted by Crippen LogP contribution is -1.98. The van der Waals surface area contributed by atoms with Crippen molar-refractivity contribution in [2.75, 3.05) is 0 Å². The van der Waals surface area contributed by atoms with E-state index in [1.807, 2.05) is 17.4 Å². The van der Waals surface area contributed by atoms with Crippen molar-refractivity contribution >= 4 is 53.3 Å². The highest BCUT2D eigenvalue weighted by Gasteiger charge is 2.15. The van der Waals surface area contributed by atoms with Gasteiger partial charge in [0.15, 0.2) is 0 Å². The minimum Gasteiger partial charge on any atom is -0.308 e. The van der Waals surface area contributed by atoms with Crippen LogP contribution >= 0.6 is 11.3 Å². The molecule has 0 aliphatic heterocycles. The van der Waals surface area contributed by atoms with E-state index in [9.17, 15) is 5.26 Å². The van der Waals surface area contributed by atoms with Crippen LogP contribution in [-0.4, -0.2) is 4.57 Å². The molecule has 2 aromatic heterocycles. The summed E-state index contributed by atoms with van der Waals surface area (Å²) in [4.78, 5) is 0. The molecule has 0 saturated carbocycles. The number of thiophene rings is 1. The maximum absolute atomic E-state index is 10.2. The van der Waals surface area contributed by atoms with Crippen LogP contribution in [0.3, 0.4) is 0 Å². The first-order chi connectivity index (χ1) is 16.8. The zero-order valence-electron chi connectivity index (χ0n) is 18.2. The maximum atomic E-state index is 10.2. The lowest BCUT2D eigenvalue weighted by molar-refractivity contribution is 1.17. The summed E-state index contributed by atoms with van der Waals surface area (Å²) in [6.07, 6.45) is 0. The van der Waals surface area contributed by atoms with Gasteiger partial charge in [-0.25, -0.2) is 0 Å². The molecule has 0 saturated heterocycles. The van der Waals surface area contributed by atoms with Crippen molar-refractivity contribution in [1.29, 1.82) is 5.26 Å². The van der Waals surface area contributed by atoms with E-state index in [1.165, 1.54) is 30.9 Å². The zero-order chi connectivity index (χ0) is 22.6. The Labute approximate surface area is 200 Å². The fraction of sp³-hybridized carbons (Fsp3) is 0. The van der Waals surface area contributed by atoms with Crippen LogP contribution in [0.15, 0.2) is 109 Å². The number of hydrogen-bond donors (Lipinski definition) is 0. The lowest BCUT2D eigenvalue weighted by Gasteiger charge is -2.12. The van der Waals surface area contributed by atoms with Gasteiger partial charge in [-0.05, 0) is 53.6 Å². The van der Waals surface area contributed by atoms with E-state index in [1.54, 1.807) is 0 Å². The topological polar surface area (TPSA) is 28.7 Å². The molecule has 2 nitrogen and oxygen atoms in total. The monoisotopic (exact) mass is 450 g/mol. The third-order valence-electron chi connectivity index (χ3n) is 6.65. The molecule has 7 aromatic rings. The van der Waals surface area contributed by atoms with E-state index in [2.05, 4.69) is 114 Å². The van der Waals surface area contributed by atoms with Crippen LogP contribution in [0.2, 0.25) is 0 Å². The summed E-state index contributed by atoms with van der Waals surface area (Å²) >= 11 is 1.82. The summed E-state index contributed by atoms with van der Waals surface area (Å²) in [5.74, 6) is 0. The van der Waals surface area contributed by atoms with Gasteiger partial charge in [-0.15, -0.1) is 11.3 Å². The Morgan fingerprint density at radius 1 is 0.559 bits per heavy atom. The van der Waals surface area contributed by atoms with Crippen LogP contribution in [0, 0.1) is 11.3 Å². The quantitative estimate of drug-likeness (QED) is 0.259. The Bertz CT molecular complexity index is 1880. The normalized spacial score (nSPS) is 11.5. The van der Waals surface area contributed by atoms with Gasteiger partial charge in [-0.3, -0.25) is 0 Å². The minimum absolute atomic E-state index is 0.666. The molecule has 0 amide bonds. The molecule has 5 aromatic carbocycles. The van der Waals surface area contributed by atoms with Crippen molar-refractivity contribution in [3.05, 3.63) is 115 Å². The van der Waals surface area contributed by atoms with Crippen LogP contribution in [0.1, 0.15) is 5.56 Å². The Morgan fingerprint density at radius 3 is 1.88 bits per heavy atom. The van der Waals surface area contributed by atoms with Gasteiger partial charge in [0.25, 0.3) is 0 Å². The third kappa shape index (κ3) is 2.73. The summed E-state index contributed by atoms with van der Waals surface area (Å²) in [7, 11) is 0. The van der Waals surface area contributed by atoms with Crippen molar-refractivity contribution in [2.45, 2.75) is 0 Å². The second-order valence-corrected chi connectivity index (χ2v) is 9.61. The Morgan fingerprint density at radius 2 is 1.15 bits per heavy atom. The summed E-state index contributed by atoms with van der Waals surface area (Å²) in [6.45, 7) is 0. The second kappa shape index (κ2) is 7.31. The highest BCUT2D eigenvalue weighted by atomic mass is 32.1. The molecule has 0 atom stereocenters. The molecular weight excluding hydrogens is 432 g/mol. The molecule has 3 heteroatoms. The number of nitrogens with zero attached hydrogens (tertiary/aromatic N) is 2. The van der Waals surface area contributed by atoms with Crippen LogP contribution in [0.4, 0.5) is 0 Å². The summed E-state index contributed by atoms with van der Waals surface area (Å²) < 4.78 is 4.80. The first kappa shape index (κ1) is 19.1. The van der Waals surface area contributed by atoms with Crippen LogP contribution in [-0.2, 0) is 0 Å². The van der Waals surface area contributed by atoms with Crippen molar-refractivity contribution in [2.24, 2.45) is 0 Å². The predicted octanol–water partition coefficient (Wildman–Crippen LogP) is 8.69. The number of hydrogen-bond acceptors (Lipinski definition) is 2. The molecule has 2 heterocycles. The molecule has 7 rings (SSSR count). The van der Waals surface area contributed by atoms with Crippen LogP contribution in [0.5, 0.6) is 0 Å². The first-order valence-corrected chi connectivity index (χ1v) is 12.1. The van der Waals surface area contributed by atoms with Gasteiger partial charge in [0.1, 0.15) is 6.07 Å². The second-order valence-electron chi connectivity index (χ2n) is 8.52. The minimum atomic E-state index is 0.666. The third-order valence-corrected chi connectivity index (χ3v) is 7.80. The fourth-order valence-corrected chi connectivity index (χ4v) is 6.17. The van der Waals surface area contributed by atoms with Gasteiger partial charge in [0.2, 0.25) is 0 Å². The van der Waals surface area contributed by atoms with E-state index >= 15 is 0 Å². The molecule has 158 valence electrons. The predicted molar refractivity (Wildman–Crippen MR) is 144 cm³/mol. The summed E-state index contributed by atoms with van der Waals surface area (Å²) in [5, 5.41) is 15.1. The van der Waals surface area contributed by atoms with E-state index in [0.717, 1.165) is 27.8 Å². The average Bonchev–Trinajstić information content (AvgIpc) is 3.44. The van der Waals surface area contributed by atoms with Crippen molar-refractivity contribution in [3.8, 4) is 22.9 Å². The smallest absolute Gasteiger partial charge is 0.101 e.